The number of carboxylic acid groups (broad SMARTS) is 1. The molecule has 2 atom stereocenters. The highest BCUT2D eigenvalue weighted by molar-refractivity contribution is 6.39. The summed E-state index contributed by atoms with van der Waals surface area (Å²) in [5, 5.41) is 17.4. The topological polar surface area (TPSA) is 108 Å². The number of aryl methyl sites for hydroxylation is 1. The maximum Gasteiger partial charge on any atom is 0.328 e. The zero-order chi connectivity index (χ0) is 21.7. The average Bonchev–Trinajstić information content (AvgIpc) is 2.71. The maximum atomic E-state index is 12.4. The molecule has 3 amide bonds. The van der Waals surface area contributed by atoms with Crippen molar-refractivity contribution < 1.29 is 19.5 Å². The van der Waals surface area contributed by atoms with Gasteiger partial charge in [-0.15, -0.1) is 0 Å². The molecule has 1 aliphatic rings. The van der Waals surface area contributed by atoms with Gasteiger partial charge in [0.05, 0.1) is 28.2 Å². The molecule has 0 radical (unpaired) electrons. The van der Waals surface area contributed by atoms with E-state index in [1.54, 1.807) is 6.07 Å². The van der Waals surface area contributed by atoms with Crippen LogP contribution in [0.5, 0.6) is 0 Å². The highest BCUT2D eigenvalue weighted by atomic mass is 35.5. The first-order chi connectivity index (χ1) is 14.4. The van der Waals surface area contributed by atoms with Gasteiger partial charge < -0.3 is 21.1 Å². The van der Waals surface area contributed by atoms with Crippen LogP contribution < -0.4 is 16.0 Å². The number of benzene rings is 2. The highest BCUT2D eigenvalue weighted by Crippen LogP contribution is 2.29. The second-order valence-corrected chi connectivity index (χ2v) is 7.77. The fourth-order valence-corrected chi connectivity index (χ4v) is 4.02. The number of hydrogen-bond acceptors (Lipinski definition) is 3. The third-order valence-corrected chi connectivity index (χ3v) is 5.56. The summed E-state index contributed by atoms with van der Waals surface area (Å²) in [6, 6.07) is 10.4. The monoisotopic (exact) mass is 449 g/mol. The first-order valence-corrected chi connectivity index (χ1v) is 10.2. The molecule has 7 nitrogen and oxygen atoms in total. The van der Waals surface area contributed by atoms with Gasteiger partial charge >= 0.3 is 12.0 Å². The third kappa shape index (κ3) is 5.23. The number of hydrogen-bond donors (Lipinski definition) is 4. The molecule has 3 rings (SSSR count). The molecule has 0 unspecified atom stereocenters. The van der Waals surface area contributed by atoms with Crippen LogP contribution >= 0.6 is 23.2 Å². The van der Waals surface area contributed by atoms with Crippen molar-refractivity contribution in [3.8, 4) is 0 Å². The summed E-state index contributed by atoms with van der Waals surface area (Å²) in [5.74, 6) is -2.03. The van der Waals surface area contributed by atoms with E-state index in [4.69, 9.17) is 23.2 Å². The fourth-order valence-electron chi connectivity index (χ4n) is 3.45. The molecular weight excluding hydrogens is 429 g/mol. The van der Waals surface area contributed by atoms with Gasteiger partial charge in [-0.1, -0.05) is 53.5 Å². The van der Waals surface area contributed by atoms with Crippen LogP contribution in [-0.2, 0) is 11.2 Å². The number of nitrogens with one attached hydrogen (secondary N) is 3. The summed E-state index contributed by atoms with van der Waals surface area (Å²) in [6.07, 6.45) is 2.72. The molecule has 2 aromatic rings. The summed E-state index contributed by atoms with van der Waals surface area (Å²) in [7, 11) is 0. The largest absolute Gasteiger partial charge is 0.480 e. The molecule has 0 spiro atoms. The normalized spacial score (nSPS) is 16.1. The molecule has 30 heavy (non-hydrogen) atoms. The molecule has 1 aliphatic carbocycles. The molecular formula is C21H21Cl2N3O4. The lowest BCUT2D eigenvalue weighted by atomic mass is 9.88. The van der Waals surface area contributed by atoms with Gasteiger partial charge in [0, 0.05) is 0 Å². The lowest BCUT2D eigenvalue weighted by molar-refractivity contribution is -0.139. The number of rotatable bonds is 6. The van der Waals surface area contributed by atoms with Gasteiger partial charge in [-0.2, -0.15) is 0 Å². The second-order valence-electron chi connectivity index (χ2n) is 6.96. The quantitative estimate of drug-likeness (QED) is 0.540. The first-order valence-electron chi connectivity index (χ1n) is 9.46. The Bertz CT molecular complexity index is 947. The molecule has 4 N–H and O–H groups in total. The second kappa shape index (κ2) is 9.82. The van der Waals surface area contributed by atoms with Gasteiger partial charge in [-0.05, 0) is 42.5 Å². The first kappa shape index (κ1) is 21.9. The lowest BCUT2D eigenvalue weighted by Crippen LogP contribution is -2.50. The van der Waals surface area contributed by atoms with Crippen molar-refractivity contribution in [2.24, 2.45) is 0 Å². The zero-order valence-electron chi connectivity index (χ0n) is 16.0. The average molecular weight is 450 g/mol. The van der Waals surface area contributed by atoms with Crippen molar-refractivity contribution in [1.29, 1.82) is 0 Å². The molecule has 0 heterocycles. The van der Waals surface area contributed by atoms with E-state index in [0.29, 0.717) is 0 Å². The predicted octanol–water partition coefficient (Wildman–Crippen LogP) is 3.55. The van der Waals surface area contributed by atoms with Gasteiger partial charge in [0.2, 0.25) is 0 Å². The van der Waals surface area contributed by atoms with Gasteiger partial charge in [0.25, 0.3) is 5.91 Å². The third-order valence-electron chi connectivity index (χ3n) is 4.93. The minimum atomic E-state index is -1.35. The Kier molecular flexibility index (Phi) is 7.18. The molecule has 0 fully saturated rings. The number of halogens is 2. The van der Waals surface area contributed by atoms with Crippen LogP contribution in [0.1, 0.15) is 40.4 Å². The van der Waals surface area contributed by atoms with Gasteiger partial charge in [-0.3, -0.25) is 4.79 Å². The van der Waals surface area contributed by atoms with Crippen molar-refractivity contribution >= 4 is 41.1 Å². The molecule has 0 bridgehead atoms. The van der Waals surface area contributed by atoms with E-state index in [2.05, 4.69) is 16.0 Å². The van der Waals surface area contributed by atoms with Crippen LogP contribution in [-0.4, -0.2) is 35.6 Å². The Morgan fingerprint density at radius 1 is 1.07 bits per heavy atom. The number of fused-ring (bicyclic) bond motifs is 1. The molecule has 0 saturated carbocycles. The van der Waals surface area contributed by atoms with E-state index in [1.165, 1.54) is 17.7 Å². The van der Waals surface area contributed by atoms with E-state index in [-0.39, 0.29) is 28.2 Å². The number of aliphatic carboxylic acids is 1. The van der Waals surface area contributed by atoms with Crippen molar-refractivity contribution in [2.45, 2.75) is 31.3 Å². The SMILES string of the molecule is O=C(NC[C@H](NC(=O)c1c(Cl)cccc1Cl)C(=O)O)N[C@@H]1CCCc2ccccc21. The molecule has 2 aromatic carbocycles. The molecule has 158 valence electrons. The minimum absolute atomic E-state index is 0.0182. The summed E-state index contributed by atoms with van der Waals surface area (Å²) < 4.78 is 0. The van der Waals surface area contributed by atoms with Crippen LogP contribution in [0.2, 0.25) is 10.0 Å². The number of carboxylic acids is 1. The summed E-state index contributed by atoms with van der Waals surface area (Å²) >= 11 is 12.0. The lowest BCUT2D eigenvalue weighted by Gasteiger charge is -2.26. The van der Waals surface area contributed by atoms with E-state index in [9.17, 15) is 19.5 Å². The van der Waals surface area contributed by atoms with E-state index in [0.717, 1.165) is 24.8 Å². The van der Waals surface area contributed by atoms with Crippen LogP contribution in [0.15, 0.2) is 42.5 Å². The fraction of sp³-hybridized carbons (Fsp3) is 0.286. The van der Waals surface area contributed by atoms with E-state index < -0.39 is 23.9 Å². The molecule has 9 heteroatoms. The Hall–Kier alpha value is -2.77. The van der Waals surface area contributed by atoms with Gasteiger partial charge in [0.15, 0.2) is 0 Å². The summed E-state index contributed by atoms with van der Waals surface area (Å²) in [6.45, 7) is -0.302. The predicted molar refractivity (Wildman–Crippen MR) is 114 cm³/mol. The Balaban J connectivity index is 1.59. The van der Waals surface area contributed by atoms with Crippen molar-refractivity contribution in [2.75, 3.05) is 6.54 Å². The highest BCUT2D eigenvalue weighted by Gasteiger charge is 2.25. The molecule has 0 aliphatic heterocycles. The Morgan fingerprint density at radius 2 is 1.77 bits per heavy atom. The molecule has 0 saturated heterocycles. The maximum absolute atomic E-state index is 12.4. The number of carbonyl (C=O) groups excluding carboxylic acids is 2. The van der Waals surface area contributed by atoms with E-state index >= 15 is 0 Å². The zero-order valence-corrected chi connectivity index (χ0v) is 17.5. The molecule has 0 aromatic heterocycles. The minimum Gasteiger partial charge on any atom is -0.480 e. The van der Waals surface area contributed by atoms with Gasteiger partial charge in [-0.25, -0.2) is 9.59 Å². The smallest absolute Gasteiger partial charge is 0.328 e. The number of carbonyl (C=O) groups is 3. The van der Waals surface area contributed by atoms with Crippen molar-refractivity contribution in [3.63, 3.8) is 0 Å². The van der Waals surface area contributed by atoms with Crippen LogP contribution in [0.3, 0.4) is 0 Å². The van der Waals surface area contributed by atoms with E-state index in [1.807, 2.05) is 24.3 Å². The van der Waals surface area contributed by atoms with Crippen LogP contribution in [0, 0.1) is 0 Å². The summed E-state index contributed by atoms with van der Waals surface area (Å²) in [4.78, 5) is 36.3. The van der Waals surface area contributed by atoms with Gasteiger partial charge in [0.1, 0.15) is 6.04 Å². The standard InChI is InChI=1S/C21H21Cl2N3O4/c22-14-8-4-9-15(23)18(14)19(27)25-17(20(28)29)11-24-21(30)26-16-10-3-6-12-5-1-2-7-13(12)16/h1-2,4-5,7-9,16-17H,3,6,10-11H2,(H,25,27)(H,28,29)(H2,24,26,30)/t16-,17+/m1/s1. The Morgan fingerprint density at radius 3 is 2.47 bits per heavy atom. The Labute approximate surface area is 183 Å². The summed E-state index contributed by atoms with van der Waals surface area (Å²) in [5.41, 5.74) is 2.24. The van der Waals surface area contributed by atoms with Crippen LogP contribution in [0.25, 0.3) is 0 Å². The van der Waals surface area contributed by atoms with Crippen LogP contribution in [0.4, 0.5) is 4.79 Å². The van der Waals surface area contributed by atoms with Crippen molar-refractivity contribution in [1.82, 2.24) is 16.0 Å². The van der Waals surface area contributed by atoms with Crippen molar-refractivity contribution in [3.05, 3.63) is 69.2 Å². The number of amides is 3. The number of urea groups is 1.